The van der Waals surface area contributed by atoms with Crippen LogP contribution in [-0.4, -0.2) is 34.5 Å². The molecule has 0 spiro atoms. The normalized spacial score (nSPS) is 16.7. The maximum atomic E-state index is 12.5. The highest BCUT2D eigenvalue weighted by Crippen LogP contribution is 2.23. The summed E-state index contributed by atoms with van der Waals surface area (Å²) in [6.45, 7) is 2.69. The van der Waals surface area contributed by atoms with Crippen molar-refractivity contribution in [2.45, 2.75) is 38.8 Å². The number of aryl methyl sites for hydroxylation is 1. The summed E-state index contributed by atoms with van der Waals surface area (Å²) >= 11 is 11.9. The van der Waals surface area contributed by atoms with Crippen molar-refractivity contribution in [2.75, 3.05) is 6.54 Å². The molecule has 0 unspecified atom stereocenters. The Morgan fingerprint density at radius 1 is 1.31 bits per heavy atom. The van der Waals surface area contributed by atoms with E-state index in [1.165, 1.54) is 0 Å². The van der Waals surface area contributed by atoms with Gasteiger partial charge in [-0.1, -0.05) is 34.4 Å². The minimum atomic E-state index is -0.464. The molecule has 2 heterocycles. The van der Waals surface area contributed by atoms with Gasteiger partial charge in [-0.05, 0) is 37.5 Å². The highest BCUT2D eigenvalue weighted by atomic mass is 35.5. The third-order valence-corrected chi connectivity index (χ3v) is 5.07. The predicted molar refractivity (Wildman–Crippen MR) is 98.0 cm³/mol. The molecule has 138 valence electrons. The number of hydrogen-bond donors (Lipinski definition) is 1. The highest BCUT2D eigenvalue weighted by Gasteiger charge is 2.34. The van der Waals surface area contributed by atoms with Crippen molar-refractivity contribution < 1.29 is 14.1 Å². The van der Waals surface area contributed by atoms with Crippen molar-refractivity contribution in [3.8, 4) is 0 Å². The molecule has 3 rings (SSSR count). The number of rotatable bonds is 5. The zero-order valence-electron chi connectivity index (χ0n) is 14.3. The molecule has 6 nitrogen and oxygen atoms in total. The van der Waals surface area contributed by atoms with Crippen molar-refractivity contribution in [3.05, 3.63) is 51.3 Å². The highest BCUT2D eigenvalue weighted by molar-refractivity contribution is 6.42. The summed E-state index contributed by atoms with van der Waals surface area (Å²) in [5, 5.41) is 7.56. The number of hydrogen-bond acceptors (Lipinski definition) is 4. The van der Waals surface area contributed by atoms with Gasteiger partial charge in [-0.3, -0.25) is 9.59 Å². The third kappa shape index (κ3) is 4.37. The molecule has 0 bridgehead atoms. The van der Waals surface area contributed by atoms with Gasteiger partial charge < -0.3 is 14.7 Å². The molecule has 8 heteroatoms. The number of amides is 2. The van der Waals surface area contributed by atoms with Crippen LogP contribution in [0, 0.1) is 6.92 Å². The van der Waals surface area contributed by atoms with Crippen molar-refractivity contribution in [2.24, 2.45) is 0 Å². The molecule has 1 saturated heterocycles. The predicted octanol–water partition coefficient (Wildman–Crippen LogP) is 3.14. The molecule has 2 amide bonds. The molecule has 1 atom stereocenters. The average Bonchev–Trinajstić information content (AvgIpc) is 3.24. The number of nitrogens with zero attached hydrogens (tertiary/aromatic N) is 2. The van der Waals surface area contributed by atoms with Crippen LogP contribution < -0.4 is 5.32 Å². The first kappa shape index (κ1) is 18.7. The SMILES string of the molecule is Cc1cc(CC(=O)N2CCC[C@H]2C(=O)NCc2ccc(Cl)c(Cl)c2)on1. The Balaban J connectivity index is 1.58. The van der Waals surface area contributed by atoms with E-state index in [1.54, 1.807) is 36.1 Å². The van der Waals surface area contributed by atoms with Gasteiger partial charge in [0.15, 0.2) is 0 Å². The van der Waals surface area contributed by atoms with Crippen molar-refractivity contribution in [1.29, 1.82) is 0 Å². The van der Waals surface area contributed by atoms with Crippen LogP contribution in [0.3, 0.4) is 0 Å². The van der Waals surface area contributed by atoms with E-state index in [-0.39, 0.29) is 18.2 Å². The van der Waals surface area contributed by atoms with Crippen LogP contribution in [0.2, 0.25) is 10.0 Å². The Kier molecular flexibility index (Phi) is 5.84. The molecule has 0 aliphatic carbocycles. The Hall–Kier alpha value is -2.05. The van der Waals surface area contributed by atoms with Gasteiger partial charge in [0.05, 0.1) is 22.2 Å². The van der Waals surface area contributed by atoms with Crippen LogP contribution in [0.4, 0.5) is 0 Å². The average molecular weight is 396 g/mol. The van der Waals surface area contributed by atoms with Gasteiger partial charge in [-0.15, -0.1) is 0 Å². The minimum absolute atomic E-state index is 0.109. The van der Waals surface area contributed by atoms with Crippen LogP contribution in [0.5, 0.6) is 0 Å². The second-order valence-corrected chi connectivity index (χ2v) is 7.14. The summed E-state index contributed by atoms with van der Waals surface area (Å²) < 4.78 is 5.10. The van der Waals surface area contributed by atoms with E-state index in [0.717, 1.165) is 17.7 Å². The Labute approximate surface area is 161 Å². The number of likely N-dealkylation sites (tertiary alicyclic amines) is 1. The van der Waals surface area contributed by atoms with Gasteiger partial charge in [-0.25, -0.2) is 0 Å². The van der Waals surface area contributed by atoms with Gasteiger partial charge in [-0.2, -0.15) is 0 Å². The first-order valence-corrected chi connectivity index (χ1v) is 9.13. The van der Waals surface area contributed by atoms with Gasteiger partial charge in [0.1, 0.15) is 11.8 Å². The van der Waals surface area contributed by atoms with E-state index in [1.807, 2.05) is 0 Å². The van der Waals surface area contributed by atoms with Crippen molar-refractivity contribution in [1.82, 2.24) is 15.4 Å². The molecular weight excluding hydrogens is 377 g/mol. The number of aromatic nitrogens is 1. The second kappa shape index (κ2) is 8.10. The molecule has 1 aliphatic rings. The Morgan fingerprint density at radius 3 is 2.81 bits per heavy atom. The monoisotopic (exact) mass is 395 g/mol. The van der Waals surface area contributed by atoms with Crippen molar-refractivity contribution in [3.63, 3.8) is 0 Å². The minimum Gasteiger partial charge on any atom is -0.361 e. The topological polar surface area (TPSA) is 75.4 Å². The number of carbonyl (C=O) groups excluding carboxylic acids is 2. The molecule has 1 fully saturated rings. The fraction of sp³-hybridized carbons (Fsp3) is 0.389. The largest absolute Gasteiger partial charge is 0.361 e. The Bertz CT molecular complexity index is 822. The fourth-order valence-corrected chi connectivity index (χ4v) is 3.37. The zero-order chi connectivity index (χ0) is 18.7. The lowest BCUT2D eigenvalue weighted by atomic mass is 10.1. The number of carbonyl (C=O) groups is 2. The molecule has 26 heavy (non-hydrogen) atoms. The zero-order valence-corrected chi connectivity index (χ0v) is 15.8. The van der Waals surface area contributed by atoms with Crippen LogP contribution in [0.1, 0.15) is 29.9 Å². The standard InChI is InChI=1S/C18H19Cl2N3O3/c1-11-7-13(26-22-11)9-17(24)23-6-2-3-16(23)18(25)21-10-12-4-5-14(19)15(20)8-12/h4-5,7-8,16H,2-3,6,9-10H2,1H3,(H,21,25)/t16-/m0/s1. The number of halogens is 2. The summed E-state index contributed by atoms with van der Waals surface area (Å²) in [6.07, 6.45) is 1.55. The molecule has 2 aromatic rings. The summed E-state index contributed by atoms with van der Waals surface area (Å²) in [4.78, 5) is 26.7. The molecular formula is C18H19Cl2N3O3. The van der Waals surface area contributed by atoms with Crippen molar-refractivity contribution >= 4 is 35.0 Å². The molecule has 0 saturated carbocycles. The quantitative estimate of drug-likeness (QED) is 0.843. The fourth-order valence-electron chi connectivity index (χ4n) is 3.04. The molecule has 1 aromatic heterocycles. The van der Waals surface area contributed by atoms with E-state index in [0.29, 0.717) is 35.3 Å². The van der Waals surface area contributed by atoms with Gasteiger partial charge in [0.25, 0.3) is 0 Å². The molecule has 1 aromatic carbocycles. The smallest absolute Gasteiger partial charge is 0.243 e. The van der Waals surface area contributed by atoms with Crippen LogP contribution >= 0.6 is 23.2 Å². The first-order valence-electron chi connectivity index (χ1n) is 8.37. The van der Waals surface area contributed by atoms with E-state index >= 15 is 0 Å². The van der Waals surface area contributed by atoms with Gasteiger partial charge in [0.2, 0.25) is 11.8 Å². The maximum absolute atomic E-state index is 12.5. The van der Waals surface area contributed by atoms with E-state index in [9.17, 15) is 9.59 Å². The van der Waals surface area contributed by atoms with Crippen LogP contribution in [0.25, 0.3) is 0 Å². The van der Waals surface area contributed by atoms with E-state index in [4.69, 9.17) is 27.7 Å². The molecule has 1 aliphatic heterocycles. The lowest BCUT2D eigenvalue weighted by Crippen LogP contribution is -2.46. The van der Waals surface area contributed by atoms with Gasteiger partial charge >= 0.3 is 0 Å². The lowest BCUT2D eigenvalue weighted by Gasteiger charge is -2.23. The van der Waals surface area contributed by atoms with E-state index in [2.05, 4.69) is 10.5 Å². The molecule has 0 radical (unpaired) electrons. The van der Waals surface area contributed by atoms with Gasteiger partial charge in [0, 0.05) is 19.2 Å². The Morgan fingerprint density at radius 2 is 2.12 bits per heavy atom. The van der Waals surface area contributed by atoms with Crippen LogP contribution in [-0.2, 0) is 22.6 Å². The first-order chi connectivity index (χ1) is 12.4. The summed E-state index contributed by atoms with van der Waals surface area (Å²) in [6, 6.07) is 6.48. The number of nitrogens with one attached hydrogen (secondary N) is 1. The second-order valence-electron chi connectivity index (χ2n) is 6.32. The summed E-state index contributed by atoms with van der Waals surface area (Å²) in [5.41, 5.74) is 1.57. The molecule has 1 N–H and O–H groups in total. The summed E-state index contributed by atoms with van der Waals surface area (Å²) in [5.74, 6) is 0.207. The number of benzene rings is 1. The maximum Gasteiger partial charge on any atom is 0.243 e. The lowest BCUT2D eigenvalue weighted by molar-refractivity contribution is -0.138. The third-order valence-electron chi connectivity index (χ3n) is 4.33. The summed E-state index contributed by atoms with van der Waals surface area (Å²) in [7, 11) is 0. The van der Waals surface area contributed by atoms with Crippen LogP contribution in [0.15, 0.2) is 28.8 Å². The van der Waals surface area contributed by atoms with E-state index < -0.39 is 6.04 Å².